The van der Waals surface area contributed by atoms with E-state index in [0.717, 1.165) is 6.42 Å². The molecule has 0 rings (SSSR count). The van der Waals surface area contributed by atoms with Gasteiger partial charge in [0.15, 0.2) is 0 Å². The van der Waals surface area contributed by atoms with E-state index in [1.54, 1.807) is 13.8 Å². The van der Waals surface area contributed by atoms with Crippen LogP contribution in [-0.2, 0) is 19.1 Å². The second-order valence-corrected chi connectivity index (χ2v) is 6.91. The Morgan fingerprint density at radius 1 is 0.839 bits per heavy atom. The first-order valence-electron chi connectivity index (χ1n) is 7.87. The summed E-state index contributed by atoms with van der Waals surface area (Å²) >= 11 is 0. The molecule has 0 bridgehead atoms. The summed E-state index contributed by atoms with van der Waals surface area (Å²) in [5.74, 6) is -0.396. The van der Waals surface area contributed by atoms with Crippen molar-refractivity contribution < 1.29 is 28.2 Å². The molecular formula is C25H66F2O4. The first-order valence-corrected chi connectivity index (χ1v) is 7.87. The van der Waals surface area contributed by atoms with Gasteiger partial charge in [0.2, 0.25) is 0 Å². The van der Waals surface area contributed by atoms with Crippen LogP contribution in [0.25, 0.3) is 0 Å². The third kappa shape index (κ3) is 39.8. The van der Waals surface area contributed by atoms with E-state index in [1.165, 1.54) is 0 Å². The number of ether oxygens (including phenoxy) is 2. The average molecular weight is 469 g/mol. The van der Waals surface area contributed by atoms with Crippen molar-refractivity contribution >= 4 is 11.9 Å². The molecule has 0 saturated heterocycles. The van der Waals surface area contributed by atoms with Crippen molar-refractivity contribution in [3.8, 4) is 0 Å². The first-order chi connectivity index (χ1) is 9.91. The maximum Gasteiger partial charge on any atom is 0.311 e. The highest BCUT2D eigenvalue weighted by Crippen LogP contribution is 2.21. The second-order valence-electron chi connectivity index (χ2n) is 6.91. The summed E-state index contributed by atoms with van der Waals surface area (Å²) in [6, 6.07) is 0. The molecule has 31 heavy (non-hydrogen) atoms. The predicted molar refractivity (Wildman–Crippen MR) is 143 cm³/mol. The van der Waals surface area contributed by atoms with E-state index in [0.29, 0.717) is 6.42 Å². The summed E-state index contributed by atoms with van der Waals surface area (Å²) < 4.78 is 21.4. The highest BCUT2D eigenvalue weighted by molar-refractivity contribution is 5.75. The van der Waals surface area contributed by atoms with Gasteiger partial charge in [0.1, 0.15) is 18.9 Å². The zero-order valence-electron chi connectivity index (χ0n) is 15.8. The Morgan fingerprint density at radius 2 is 1.19 bits per heavy atom. The fourth-order valence-corrected chi connectivity index (χ4v) is 1.04. The molecule has 0 fully saturated rings. The molecule has 6 heteroatoms. The fourth-order valence-electron chi connectivity index (χ4n) is 1.04. The highest BCUT2D eigenvalue weighted by atomic mass is 19.1. The maximum atomic E-state index is 11.6. The summed E-state index contributed by atoms with van der Waals surface area (Å²) in [4.78, 5) is 22.2. The minimum atomic E-state index is -0.606. The van der Waals surface area contributed by atoms with E-state index in [4.69, 9.17) is 4.74 Å². The number of alkyl halides is 1. The fraction of sp³-hybridized carbons (Fsp3) is 0.920. The van der Waals surface area contributed by atoms with Gasteiger partial charge in [-0.3, -0.25) is 14.3 Å². The molecule has 1 unspecified atom stereocenters. The van der Waals surface area contributed by atoms with Gasteiger partial charge in [-0.2, -0.15) is 0 Å². The Balaban J connectivity index is -0.0000000222. The van der Waals surface area contributed by atoms with Gasteiger partial charge in [-0.25, -0.2) is 4.39 Å². The van der Waals surface area contributed by atoms with E-state index in [-0.39, 0.29) is 94.2 Å². The number of carbonyl (C=O) groups is 2. The third-order valence-electron chi connectivity index (χ3n) is 3.17. The number of hydrogen-bond acceptors (Lipinski definition) is 4. The molecule has 0 aromatic rings. The second kappa shape index (κ2) is 33.4. The Bertz CT molecular complexity index is 339. The van der Waals surface area contributed by atoms with Crippen molar-refractivity contribution in [3.05, 3.63) is 0 Å². The smallest absolute Gasteiger partial charge is 0.311 e. The van der Waals surface area contributed by atoms with Gasteiger partial charge in [-0.1, -0.05) is 80.2 Å². The molecule has 0 spiro atoms. The van der Waals surface area contributed by atoms with Crippen LogP contribution in [0.15, 0.2) is 0 Å². The Hall–Kier alpha value is -1.20. The first kappa shape index (κ1) is 69.9. The maximum absolute atomic E-state index is 11.6. The molecule has 0 saturated carbocycles. The Labute approximate surface area is 198 Å². The molecule has 0 radical (unpaired) electrons. The van der Waals surface area contributed by atoms with Crippen LogP contribution in [0.5, 0.6) is 0 Å². The van der Waals surface area contributed by atoms with Crippen molar-refractivity contribution in [3.63, 3.8) is 0 Å². The molecule has 0 aromatic heterocycles. The molecule has 0 aliphatic heterocycles. The molecule has 0 heterocycles. The van der Waals surface area contributed by atoms with E-state index < -0.39 is 12.1 Å². The SMILES string of the molecule is C.C.C.C.C.C.C.C.CCC(C)(C)C(=O)OCCF.CCC(C)C(=O)OC(C)(C)C.F. The van der Waals surface area contributed by atoms with E-state index in [9.17, 15) is 14.0 Å². The number of esters is 2. The van der Waals surface area contributed by atoms with Crippen LogP contribution in [-0.4, -0.2) is 30.8 Å². The number of carbonyl (C=O) groups excluding carboxylic acids is 2. The Kier molecular flexibility index (Phi) is 75.4. The van der Waals surface area contributed by atoms with Gasteiger partial charge in [-0.15, -0.1) is 0 Å². The molecule has 0 amide bonds. The standard InChI is InChI=1S/C9H18O2.C8H15FO2.8CH4.FH/c1-6-7(2)8(10)11-9(3,4)5;1-4-8(2,3)7(10)11-6-5-9;;;;;;;;;/h7H,6H2,1-5H3;4-6H2,1-3H3;8*1H4;1H. The topological polar surface area (TPSA) is 52.6 Å². The molecule has 204 valence electrons. The van der Waals surface area contributed by atoms with E-state index in [2.05, 4.69) is 4.74 Å². The van der Waals surface area contributed by atoms with Crippen LogP contribution in [0.4, 0.5) is 9.09 Å². The number of halogens is 2. The van der Waals surface area contributed by atoms with E-state index >= 15 is 0 Å². The van der Waals surface area contributed by atoms with Crippen LogP contribution >= 0.6 is 0 Å². The molecule has 0 aliphatic rings. The third-order valence-corrected chi connectivity index (χ3v) is 3.17. The molecule has 0 aliphatic carbocycles. The number of rotatable bonds is 6. The van der Waals surface area contributed by atoms with Crippen molar-refractivity contribution in [1.82, 2.24) is 0 Å². The lowest BCUT2D eigenvalue weighted by atomic mass is 9.91. The van der Waals surface area contributed by atoms with Gasteiger partial charge in [0.25, 0.3) is 0 Å². The minimum Gasteiger partial charge on any atom is -0.462 e. The zero-order valence-corrected chi connectivity index (χ0v) is 15.8. The lowest BCUT2D eigenvalue weighted by molar-refractivity contribution is -0.159. The molecule has 4 nitrogen and oxygen atoms in total. The zero-order chi connectivity index (χ0) is 18.0. The summed E-state index contributed by atoms with van der Waals surface area (Å²) in [5, 5.41) is 0. The summed E-state index contributed by atoms with van der Waals surface area (Å²) in [7, 11) is 0. The molecule has 0 aromatic carbocycles. The van der Waals surface area contributed by atoms with Crippen LogP contribution in [0.1, 0.15) is 128 Å². The average Bonchev–Trinajstić information content (AvgIpc) is 2.42. The van der Waals surface area contributed by atoms with Gasteiger partial charge in [0, 0.05) is 0 Å². The minimum absolute atomic E-state index is 0. The molecule has 0 N–H and O–H groups in total. The largest absolute Gasteiger partial charge is 0.462 e. The summed E-state index contributed by atoms with van der Waals surface area (Å²) in [6.07, 6.45) is 1.55. The van der Waals surface area contributed by atoms with Crippen molar-refractivity contribution in [2.45, 2.75) is 133 Å². The van der Waals surface area contributed by atoms with Crippen molar-refractivity contribution in [1.29, 1.82) is 0 Å². The van der Waals surface area contributed by atoms with Gasteiger partial charge >= 0.3 is 11.9 Å². The van der Waals surface area contributed by atoms with Gasteiger partial charge in [0.05, 0.1) is 11.3 Å². The summed E-state index contributed by atoms with van der Waals surface area (Å²) in [6.45, 7) is 14.3. The monoisotopic (exact) mass is 468 g/mol. The van der Waals surface area contributed by atoms with Gasteiger partial charge < -0.3 is 9.47 Å². The van der Waals surface area contributed by atoms with Crippen molar-refractivity contribution in [2.24, 2.45) is 11.3 Å². The van der Waals surface area contributed by atoms with Crippen LogP contribution in [0.2, 0.25) is 0 Å². The summed E-state index contributed by atoms with van der Waals surface area (Å²) in [5.41, 5.74) is -0.824. The Morgan fingerprint density at radius 3 is 1.42 bits per heavy atom. The van der Waals surface area contributed by atoms with Crippen molar-refractivity contribution in [2.75, 3.05) is 13.3 Å². The van der Waals surface area contributed by atoms with E-state index in [1.807, 2.05) is 41.5 Å². The predicted octanol–water partition coefficient (Wildman–Crippen LogP) is 9.55. The number of hydrogen-bond donors (Lipinski definition) is 0. The van der Waals surface area contributed by atoms with Crippen LogP contribution in [0, 0.1) is 11.3 Å². The highest BCUT2D eigenvalue weighted by Gasteiger charge is 2.26. The van der Waals surface area contributed by atoms with Crippen LogP contribution in [0.3, 0.4) is 0 Å². The molecular weight excluding hydrogens is 402 g/mol. The van der Waals surface area contributed by atoms with Gasteiger partial charge in [-0.05, 0) is 47.5 Å². The quantitative estimate of drug-likeness (QED) is 0.364. The lowest BCUT2D eigenvalue weighted by Crippen LogP contribution is -2.27. The lowest BCUT2D eigenvalue weighted by Gasteiger charge is -2.21. The van der Waals surface area contributed by atoms with Crippen LogP contribution < -0.4 is 0 Å². The molecule has 1 atom stereocenters. The normalized spacial score (nSPS) is 9.06.